The molecular formula is C14H25N3O3. The topological polar surface area (TPSA) is 72.9 Å². The van der Waals surface area contributed by atoms with Gasteiger partial charge in [0.1, 0.15) is 0 Å². The second kappa shape index (κ2) is 7.47. The van der Waals surface area contributed by atoms with Crippen molar-refractivity contribution in [3.05, 3.63) is 0 Å². The van der Waals surface area contributed by atoms with Crippen LogP contribution in [0.4, 0.5) is 4.79 Å². The summed E-state index contributed by atoms with van der Waals surface area (Å²) in [4.78, 5) is 26.9. The third-order valence-corrected chi connectivity index (χ3v) is 4.17. The van der Waals surface area contributed by atoms with Crippen LogP contribution in [0.2, 0.25) is 0 Å². The third kappa shape index (κ3) is 4.37. The first-order valence-electron chi connectivity index (χ1n) is 7.65. The lowest BCUT2D eigenvalue weighted by atomic mass is 10.1. The number of carboxylic acid groups (broad SMARTS) is 1. The molecule has 0 aromatic heterocycles. The highest BCUT2D eigenvalue weighted by molar-refractivity contribution is 5.76. The molecule has 20 heavy (non-hydrogen) atoms. The molecule has 2 amide bonds. The summed E-state index contributed by atoms with van der Waals surface area (Å²) >= 11 is 0. The molecule has 2 N–H and O–H groups in total. The third-order valence-electron chi connectivity index (χ3n) is 4.17. The van der Waals surface area contributed by atoms with E-state index in [0.29, 0.717) is 13.1 Å². The van der Waals surface area contributed by atoms with Crippen LogP contribution in [0.5, 0.6) is 0 Å². The number of carbonyl (C=O) groups excluding carboxylic acids is 1. The molecule has 2 aliphatic heterocycles. The van der Waals surface area contributed by atoms with E-state index in [4.69, 9.17) is 5.11 Å². The van der Waals surface area contributed by atoms with Crippen LogP contribution in [0.3, 0.4) is 0 Å². The van der Waals surface area contributed by atoms with Crippen LogP contribution in [0, 0.1) is 0 Å². The Morgan fingerprint density at radius 3 is 2.60 bits per heavy atom. The van der Waals surface area contributed by atoms with Gasteiger partial charge in [0.15, 0.2) is 0 Å². The van der Waals surface area contributed by atoms with Crippen LogP contribution in [0.1, 0.15) is 38.5 Å². The minimum Gasteiger partial charge on any atom is -0.481 e. The number of hydrogen-bond acceptors (Lipinski definition) is 3. The Bertz CT molecular complexity index is 343. The molecule has 0 aliphatic carbocycles. The molecule has 0 bridgehead atoms. The SMILES string of the molecule is O=C(O)CC1CCCN1C(=O)NCCCN1CCCC1. The number of nitrogens with one attached hydrogen (secondary N) is 1. The van der Waals surface area contributed by atoms with Gasteiger partial charge in [-0.15, -0.1) is 0 Å². The molecule has 6 heteroatoms. The lowest BCUT2D eigenvalue weighted by Crippen LogP contribution is -2.44. The zero-order valence-corrected chi connectivity index (χ0v) is 12.0. The molecular weight excluding hydrogens is 258 g/mol. The van der Waals surface area contributed by atoms with E-state index in [2.05, 4.69) is 10.2 Å². The number of carboxylic acids is 1. The first kappa shape index (κ1) is 15.1. The highest BCUT2D eigenvalue weighted by atomic mass is 16.4. The number of urea groups is 1. The second-order valence-electron chi connectivity index (χ2n) is 5.72. The Balaban J connectivity index is 1.64. The van der Waals surface area contributed by atoms with Gasteiger partial charge in [-0.2, -0.15) is 0 Å². The van der Waals surface area contributed by atoms with Gasteiger partial charge in [-0.25, -0.2) is 4.79 Å². The molecule has 0 aromatic rings. The zero-order chi connectivity index (χ0) is 14.4. The van der Waals surface area contributed by atoms with E-state index in [0.717, 1.165) is 25.8 Å². The Labute approximate surface area is 120 Å². The molecule has 2 saturated heterocycles. The number of nitrogens with zero attached hydrogens (tertiary/aromatic N) is 2. The summed E-state index contributed by atoms with van der Waals surface area (Å²) in [6, 6.07) is -0.235. The van der Waals surface area contributed by atoms with Gasteiger partial charge in [0.05, 0.1) is 6.42 Å². The largest absolute Gasteiger partial charge is 0.481 e. The minimum atomic E-state index is -0.830. The van der Waals surface area contributed by atoms with Crippen LogP contribution >= 0.6 is 0 Å². The van der Waals surface area contributed by atoms with E-state index in [-0.39, 0.29) is 18.5 Å². The zero-order valence-electron chi connectivity index (χ0n) is 12.0. The minimum absolute atomic E-state index is 0.0567. The molecule has 2 heterocycles. The second-order valence-corrected chi connectivity index (χ2v) is 5.72. The Morgan fingerprint density at radius 2 is 1.90 bits per heavy atom. The maximum absolute atomic E-state index is 12.0. The summed E-state index contributed by atoms with van der Waals surface area (Å²) < 4.78 is 0. The number of carbonyl (C=O) groups is 2. The van der Waals surface area contributed by atoms with E-state index in [9.17, 15) is 9.59 Å². The van der Waals surface area contributed by atoms with Crippen molar-refractivity contribution in [2.24, 2.45) is 0 Å². The van der Waals surface area contributed by atoms with Crippen LogP contribution in [-0.4, -0.2) is 65.7 Å². The van der Waals surface area contributed by atoms with Crippen molar-refractivity contribution < 1.29 is 14.7 Å². The molecule has 0 spiro atoms. The van der Waals surface area contributed by atoms with E-state index >= 15 is 0 Å². The molecule has 0 aromatic carbocycles. The van der Waals surface area contributed by atoms with Gasteiger partial charge in [0, 0.05) is 19.1 Å². The molecule has 114 valence electrons. The molecule has 1 unspecified atom stereocenters. The monoisotopic (exact) mass is 283 g/mol. The van der Waals surface area contributed by atoms with Gasteiger partial charge >= 0.3 is 12.0 Å². The number of rotatable bonds is 6. The maximum Gasteiger partial charge on any atom is 0.317 e. The highest BCUT2D eigenvalue weighted by Crippen LogP contribution is 2.19. The standard InChI is InChI=1S/C14H25N3O3/c18-13(19)11-12-5-3-10-17(12)14(20)15-6-4-9-16-7-1-2-8-16/h12H,1-11H2,(H,15,20)(H,18,19). The summed E-state index contributed by atoms with van der Waals surface area (Å²) in [6.07, 6.45) is 5.30. The van der Waals surface area contributed by atoms with Crippen LogP contribution in [-0.2, 0) is 4.79 Å². The van der Waals surface area contributed by atoms with Crippen molar-refractivity contribution in [2.75, 3.05) is 32.7 Å². The molecule has 0 saturated carbocycles. The van der Waals surface area contributed by atoms with E-state index in [1.54, 1.807) is 4.90 Å². The molecule has 1 atom stereocenters. The fourth-order valence-corrected chi connectivity index (χ4v) is 3.12. The Hall–Kier alpha value is -1.30. The number of likely N-dealkylation sites (tertiary alicyclic amines) is 2. The van der Waals surface area contributed by atoms with E-state index < -0.39 is 5.97 Å². The maximum atomic E-state index is 12.0. The van der Waals surface area contributed by atoms with Gasteiger partial charge in [0.2, 0.25) is 0 Å². The van der Waals surface area contributed by atoms with Gasteiger partial charge in [0.25, 0.3) is 0 Å². The predicted octanol–water partition coefficient (Wildman–Crippen LogP) is 1.12. The summed E-state index contributed by atoms with van der Waals surface area (Å²) in [5.74, 6) is -0.830. The average Bonchev–Trinajstić information content (AvgIpc) is 3.04. The van der Waals surface area contributed by atoms with Crippen LogP contribution in [0.25, 0.3) is 0 Å². The first-order chi connectivity index (χ1) is 9.66. The normalized spacial score (nSPS) is 23.2. The average molecular weight is 283 g/mol. The van der Waals surface area contributed by atoms with Crippen molar-refractivity contribution in [3.63, 3.8) is 0 Å². The number of aliphatic carboxylic acids is 1. The quantitative estimate of drug-likeness (QED) is 0.717. The molecule has 2 rings (SSSR count). The summed E-state index contributed by atoms with van der Waals surface area (Å²) in [5, 5.41) is 11.8. The fraction of sp³-hybridized carbons (Fsp3) is 0.857. The number of hydrogen-bond donors (Lipinski definition) is 2. The molecule has 2 aliphatic rings. The van der Waals surface area contributed by atoms with Crippen LogP contribution < -0.4 is 5.32 Å². The summed E-state index contributed by atoms with van der Waals surface area (Å²) in [6.45, 7) is 4.75. The molecule has 0 radical (unpaired) electrons. The Kier molecular flexibility index (Phi) is 5.64. The van der Waals surface area contributed by atoms with Gasteiger partial charge in [-0.3, -0.25) is 4.79 Å². The van der Waals surface area contributed by atoms with Crippen molar-refractivity contribution in [1.82, 2.24) is 15.1 Å². The van der Waals surface area contributed by atoms with Gasteiger partial charge in [-0.05, 0) is 51.7 Å². The van der Waals surface area contributed by atoms with Crippen molar-refractivity contribution >= 4 is 12.0 Å². The molecule has 2 fully saturated rings. The summed E-state index contributed by atoms with van der Waals surface area (Å²) in [5.41, 5.74) is 0. The summed E-state index contributed by atoms with van der Waals surface area (Å²) in [7, 11) is 0. The van der Waals surface area contributed by atoms with Crippen molar-refractivity contribution in [1.29, 1.82) is 0 Å². The fourth-order valence-electron chi connectivity index (χ4n) is 3.12. The van der Waals surface area contributed by atoms with Gasteiger partial charge in [-0.1, -0.05) is 0 Å². The lowest BCUT2D eigenvalue weighted by molar-refractivity contribution is -0.137. The van der Waals surface area contributed by atoms with Crippen molar-refractivity contribution in [3.8, 4) is 0 Å². The molecule has 6 nitrogen and oxygen atoms in total. The highest BCUT2D eigenvalue weighted by Gasteiger charge is 2.30. The predicted molar refractivity (Wildman–Crippen MR) is 75.7 cm³/mol. The van der Waals surface area contributed by atoms with Crippen molar-refractivity contribution in [2.45, 2.75) is 44.6 Å². The van der Waals surface area contributed by atoms with E-state index in [1.807, 2.05) is 0 Å². The van der Waals surface area contributed by atoms with Gasteiger partial charge < -0.3 is 20.2 Å². The smallest absolute Gasteiger partial charge is 0.317 e. The first-order valence-corrected chi connectivity index (χ1v) is 7.65. The van der Waals surface area contributed by atoms with Crippen LogP contribution in [0.15, 0.2) is 0 Å². The lowest BCUT2D eigenvalue weighted by Gasteiger charge is -2.24. The Morgan fingerprint density at radius 1 is 1.15 bits per heavy atom. The van der Waals surface area contributed by atoms with E-state index in [1.165, 1.54) is 25.9 Å². The number of amides is 2.